The van der Waals surface area contributed by atoms with Crippen molar-refractivity contribution in [2.24, 2.45) is 0 Å². The van der Waals surface area contributed by atoms with Crippen LogP contribution in [0.15, 0.2) is 60.7 Å². The number of anilines is 2. The van der Waals surface area contributed by atoms with Gasteiger partial charge >= 0.3 is 0 Å². The van der Waals surface area contributed by atoms with E-state index < -0.39 is 0 Å². The molecule has 0 heterocycles. The molecule has 0 aromatic heterocycles. The number of hydrogen-bond acceptors (Lipinski definition) is 2. The van der Waals surface area contributed by atoms with Crippen molar-refractivity contribution in [1.82, 2.24) is 0 Å². The molecule has 3 rings (SSSR count). The highest BCUT2D eigenvalue weighted by Crippen LogP contribution is 2.32. The number of amides is 1. The number of nitrogens with one attached hydrogen (secondary N) is 1. The second-order valence-electron chi connectivity index (χ2n) is 10.2. The molecule has 0 radical (unpaired) electrons. The van der Waals surface area contributed by atoms with Crippen molar-refractivity contribution in [2.75, 3.05) is 16.8 Å². The molecule has 0 spiro atoms. The summed E-state index contributed by atoms with van der Waals surface area (Å²) in [6.45, 7) is 16.5. The van der Waals surface area contributed by atoms with Gasteiger partial charge in [0.1, 0.15) is 0 Å². The summed E-state index contributed by atoms with van der Waals surface area (Å²) in [6, 6.07) is 21.6. The van der Waals surface area contributed by atoms with Crippen LogP contribution in [0, 0.1) is 20.8 Å². The smallest absolute Gasteiger partial charge is 0.226 e. The molecule has 0 atom stereocenters. The molecule has 0 aliphatic rings. The zero-order valence-electron chi connectivity index (χ0n) is 21.9. The first kappa shape index (κ1) is 25.6. The maximum atomic E-state index is 13.2. The predicted molar refractivity (Wildman–Crippen MR) is 146 cm³/mol. The van der Waals surface area contributed by atoms with E-state index in [9.17, 15) is 4.79 Å². The quantitative estimate of drug-likeness (QED) is 0.355. The lowest BCUT2D eigenvalue weighted by Crippen LogP contribution is -2.28. The van der Waals surface area contributed by atoms with Gasteiger partial charge in [-0.05, 0) is 72.6 Å². The SMILES string of the molecule is Cc1ccc(CN(CCC(=O)Nc2c(C(C)C)cccc2C(C)C)c2cc(C)cc(C)c2)cc1. The zero-order valence-corrected chi connectivity index (χ0v) is 21.9. The Hall–Kier alpha value is -3.07. The van der Waals surface area contributed by atoms with Crippen molar-refractivity contribution in [3.05, 3.63) is 94.0 Å². The Morgan fingerprint density at radius 3 is 1.88 bits per heavy atom. The van der Waals surface area contributed by atoms with Gasteiger partial charge in [-0.25, -0.2) is 0 Å². The number of benzene rings is 3. The van der Waals surface area contributed by atoms with Crippen LogP contribution in [-0.2, 0) is 11.3 Å². The van der Waals surface area contributed by atoms with Crippen molar-refractivity contribution in [3.63, 3.8) is 0 Å². The molecule has 0 bridgehead atoms. The lowest BCUT2D eigenvalue weighted by molar-refractivity contribution is -0.116. The van der Waals surface area contributed by atoms with Crippen LogP contribution in [0.5, 0.6) is 0 Å². The van der Waals surface area contributed by atoms with Gasteiger partial charge in [-0.15, -0.1) is 0 Å². The van der Waals surface area contributed by atoms with E-state index >= 15 is 0 Å². The summed E-state index contributed by atoms with van der Waals surface area (Å²) < 4.78 is 0. The third-order valence-corrected chi connectivity index (χ3v) is 6.31. The number of carbonyl (C=O) groups excluding carboxylic acids is 1. The van der Waals surface area contributed by atoms with Crippen molar-refractivity contribution in [1.29, 1.82) is 0 Å². The van der Waals surface area contributed by atoms with Crippen LogP contribution < -0.4 is 10.2 Å². The van der Waals surface area contributed by atoms with Gasteiger partial charge in [0.25, 0.3) is 0 Å². The fourth-order valence-corrected chi connectivity index (χ4v) is 4.48. The van der Waals surface area contributed by atoms with Gasteiger partial charge in [0, 0.05) is 30.9 Å². The monoisotopic (exact) mass is 456 g/mol. The van der Waals surface area contributed by atoms with Crippen molar-refractivity contribution in [3.8, 4) is 0 Å². The second-order valence-corrected chi connectivity index (χ2v) is 10.2. The number of para-hydroxylation sites is 1. The van der Waals surface area contributed by atoms with Crippen LogP contribution in [0.2, 0.25) is 0 Å². The average Bonchev–Trinajstić information content (AvgIpc) is 2.77. The molecule has 3 nitrogen and oxygen atoms in total. The molecule has 1 N–H and O–H groups in total. The van der Waals surface area contributed by atoms with Gasteiger partial charge in [-0.3, -0.25) is 4.79 Å². The number of hydrogen-bond donors (Lipinski definition) is 1. The molecule has 3 aromatic carbocycles. The number of rotatable bonds is 9. The minimum Gasteiger partial charge on any atom is -0.367 e. The Balaban J connectivity index is 1.81. The first-order valence-corrected chi connectivity index (χ1v) is 12.5. The van der Waals surface area contributed by atoms with Crippen LogP contribution in [0.4, 0.5) is 11.4 Å². The number of nitrogens with zero attached hydrogens (tertiary/aromatic N) is 1. The fraction of sp³-hybridized carbons (Fsp3) is 0.387. The Morgan fingerprint density at radius 2 is 1.35 bits per heavy atom. The molecule has 0 saturated carbocycles. The number of carbonyl (C=O) groups is 1. The maximum absolute atomic E-state index is 13.2. The molecule has 34 heavy (non-hydrogen) atoms. The molecule has 0 aliphatic heterocycles. The largest absolute Gasteiger partial charge is 0.367 e. The van der Waals surface area contributed by atoms with E-state index in [1.807, 2.05) is 0 Å². The highest BCUT2D eigenvalue weighted by molar-refractivity contribution is 5.93. The number of aryl methyl sites for hydroxylation is 3. The second kappa shape index (κ2) is 11.4. The molecule has 0 fully saturated rings. The van der Waals surface area contributed by atoms with Crippen LogP contribution in [0.3, 0.4) is 0 Å². The van der Waals surface area contributed by atoms with E-state index in [1.54, 1.807) is 0 Å². The molecule has 0 saturated heterocycles. The first-order valence-electron chi connectivity index (χ1n) is 12.5. The van der Waals surface area contributed by atoms with Crippen LogP contribution in [-0.4, -0.2) is 12.5 Å². The normalized spacial score (nSPS) is 11.2. The minimum absolute atomic E-state index is 0.0632. The predicted octanol–water partition coefficient (Wildman–Crippen LogP) is 7.89. The Kier molecular flexibility index (Phi) is 8.55. The summed E-state index contributed by atoms with van der Waals surface area (Å²) in [5.74, 6) is 0.762. The summed E-state index contributed by atoms with van der Waals surface area (Å²) in [4.78, 5) is 15.5. The van der Waals surface area contributed by atoms with Gasteiger partial charge < -0.3 is 10.2 Å². The highest BCUT2D eigenvalue weighted by Gasteiger charge is 2.17. The van der Waals surface area contributed by atoms with Gasteiger partial charge in [-0.1, -0.05) is 81.8 Å². The lowest BCUT2D eigenvalue weighted by atomic mass is 9.92. The lowest BCUT2D eigenvalue weighted by Gasteiger charge is -2.26. The van der Waals surface area contributed by atoms with E-state index in [0.29, 0.717) is 24.8 Å². The summed E-state index contributed by atoms with van der Waals surface area (Å²) in [5, 5.41) is 3.28. The summed E-state index contributed by atoms with van der Waals surface area (Å²) in [7, 11) is 0. The maximum Gasteiger partial charge on any atom is 0.226 e. The fourth-order valence-electron chi connectivity index (χ4n) is 4.48. The standard InChI is InChI=1S/C31H40N2O/c1-21(2)28-9-8-10-29(22(3)4)31(28)32-30(34)15-16-33(20-26-13-11-23(5)12-14-26)27-18-24(6)17-25(7)19-27/h8-14,17-19,21-22H,15-16,20H2,1-7H3,(H,32,34). The average molecular weight is 457 g/mol. The Labute approximate surface area is 206 Å². The first-order chi connectivity index (χ1) is 16.1. The molecular formula is C31H40N2O. The zero-order chi connectivity index (χ0) is 24.8. The van der Waals surface area contributed by atoms with Gasteiger partial charge in [0.2, 0.25) is 5.91 Å². The van der Waals surface area contributed by atoms with E-state index in [4.69, 9.17) is 0 Å². The molecule has 0 unspecified atom stereocenters. The topological polar surface area (TPSA) is 32.3 Å². The van der Waals surface area contributed by atoms with Gasteiger partial charge in [0.05, 0.1) is 0 Å². The Morgan fingerprint density at radius 1 is 0.794 bits per heavy atom. The van der Waals surface area contributed by atoms with Crippen LogP contribution in [0.25, 0.3) is 0 Å². The third-order valence-electron chi connectivity index (χ3n) is 6.31. The summed E-state index contributed by atoms with van der Waals surface area (Å²) in [6.07, 6.45) is 0.433. The molecule has 3 heteroatoms. The van der Waals surface area contributed by atoms with E-state index in [2.05, 4.69) is 119 Å². The van der Waals surface area contributed by atoms with Gasteiger partial charge in [0.15, 0.2) is 0 Å². The third kappa shape index (κ3) is 6.72. The Bertz CT molecular complexity index is 1070. The summed E-state index contributed by atoms with van der Waals surface area (Å²) in [5.41, 5.74) is 9.53. The minimum atomic E-state index is 0.0632. The van der Waals surface area contributed by atoms with Gasteiger partial charge in [-0.2, -0.15) is 0 Å². The molecule has 180 valence electrons. The molecule has 3 aromatic rings. The summed E-state index contributed by atoms with van der Waals surface area (Å²) >= 11 is 0. The van der Waals surface area contributed by atoms with E-state index in [-0.39, 0.29) is 5.91 Å². The van der Waals surface area contributed by atoms with Crippen molar-refractivity contribution < 1.29 is 4.79 Å². The van der Waals surface area contributed by atoms with Crippen LogP contribution >= 0.6 is 0 Å². The molecule has 0 aliphatic carbocycles. The van der Waals surface area contributed by atoms with Crippen molar-refractivity contribution in [2.45, 2.75) is 73.3 Å². The van der Waals surface area contributed by atoms with E-state index in [1.165, 1.54) is 33.4 Å². The van der Waals surface area contributed by atoms with Crippen LogP contribution in [0.1, 0.15) is 79.3 Å². The highest BCUT2D eigenvalue weighted by atomic mass is 16.1. The van der Waals surface area contributed by atoms with Crippen molar-refractivity contribution >= 4 is 17.3 Å². The molecule has 1 amide bonds. The van der Waals surface area contributed by atoms with E-state index in [0.717, 1.165) is 17.9 Å². The molecular weight excluding hydrogens is 416 g/mol.